The summed E-state index contributed by atoms with van der Waals surface area (Å²) in [5.41, 5.74) is 2.81. The number of likely N-dealkylation sites (N-methyl/N-ethyl adjacent to an activating group) is 1. The van der Waals surface area contributed by atoms with Gasteiger partial charge in [0.25, 0.3) is 0 Å². The van der Waals surface area contributed by atoms with E-state index in [1.807, 2.05) is 58.2 Å². The van der Waals surface area contributed by atoms with Crippen LogP contribution in [-0.2, 0) is 0 Å². The van der Waals surface area contributed by atoms with E-state index >= 15 is 0 Å². The highest BCUT2D eigenvalue weighted by Crippen LogP contribution is 2.27. The first kappa shape index (κ1) is 16.1. The standard InChI is InChI=1S/C20H21N3O/c1-15-6-5-7-16(12-15)8-9-17-10-11-18(21-13-17)23-14-20(2,3)22(4)19(23)24/h5-7,10-13H,14H2,1-4H3. The predicted molar refractivity (Wildman–Crippen MR) is 96.0 cm³/mol. The molecule has 1 aliphatic rings. The van der Waals surface area contributed by atoms with Gasteiger partial charge in [-0.25, -0.2) is 9.78 Å². The first-order chi connectivity index (χ1) is 11.4. The number of nitrogens with zero attached hydrogens (tertiary/aromatic N) is 3. The second-order valence-corrected chi connectivity index (χ2v) is 6.76. The minimum Gasteiger partial charge on any atom is -0.320 e. The number of hydrogen-bond donors (Lipinski definition) is 0. The summed E-state index contributed by atoms with van der Waals surface area (Å²) >= 11 is 0. The summed E-state index contributed by atoms with van der Waals surface area (Å²) in [5, 5.41) is 0. The van der Waals surface area contributed by atoms with Gasteiger partial charge in [-0.3, -0.25) is 4.90 Å². The van der Waals surface area contributed by atoms with Gasteiger partial charge in [0.2, 0.25) is 0 Å². The van der Waals surface area contributed by atoms with Crippen LogP contribution in [0.1, 0.15) is 30.5 Å². The van der Waals surface area contributed by atoms with Crippen LogP contribution >= 0.6 is 0 Å². The van der Waals surface area contributed by atoms with Crippen molar-refractivity contribution in [2.24, 2.45) is 0 Å². The van der Waals surface area contributed by atoms with E-state index in [2.05, 4.69) is 22.9 Å². The van der Waals surface area contributed by atoms with E-state index in [0.29, 0.717) is 12.4 Å². The lowest BCUT2D eigenvalue weighted by molar-refractivity contribution is 0.198. The molecule has 0 aliphatic carbocycles. The fourth-order valence-electron chi connectivity index (χ4n) is 2.67. The molecule has 1 aromatic heterocycles. The lowest BCUT2D eigenvalue weighted by atomic mass is 10.1. The molecule has 0 unspecified atom stereocenters. The first-order valence-corrected chi connectivity index (χ1v) is 7.97. The van der Waals surface area contributed by atoms with Crippen molar-refractivity contribution in [2.75, 3.05) is 18.5 Å². The maximum Gasteiger partial charge on any atom is 0.325 e. The molecule has 0 atom stereocenters. The molecule has 4 nitrogen and oxygen atoms in total. The quantitative estimate of drug-likeness (QED) is 0.755. The third-order valence-corrected chi connectivity index (χ3v) is 4.36. The molecular weight excluding hydrogens is 298 g/mol. The average Bonchev–Trinajstić information content (AvgIpc) is 2.77. The molecule has 0 bridgehead atoms. The molecule has 122 valence electrons. The van der Waals surface area contributed by atoms with Crippen LogP contribution in [0.5, 0.6) is 0 Å². The maximum absolute atomic E-state index is 12.3. The minimum absolute atomic E-state index is 0.0221. The maximum atomic E-state index is 12.3. The van der Waals surface area contributed by atoms with E-state index in [9.17, 15) is 4.79 Å². The molecule has 0 radical (unpaired) electrons. The van der Waals surface area contributed by atoms with Gasteiger partial charge in [0.05, 0.1) is 12.1 Å². The Morgan fingerprint density at radius 1 is 1.12 bits per heavy atom. The number of carbonyl (C=O) groups excluding carboxylic acids is 1. The smallest absolute Gasteiger partial charge is 0.320 e. The average molecular weight is 319 g/mol. The predicted octanol–water partition coefficient (Wildman–Crippen LogP) is 3.44. The van der Waals surface area contributed by atoms with Gasteiger partial charge in [0, 0.05) is 24.4 Å². The second kappa shape index (κ2) is 6.01. The summed E-state index contributed by atoms with van der Waals surface area (Å²) in [6, 6.07) is 11.8. The Labute approximate surface area is 143 Å². The Morgan fingerprint density at radius 2 is 1.88 bits per heavy atom. The third-order valence-electron chi connectivity index (χ3n) is 4.36. The van der Waals surface area contributed by atoms with Gasteiger partial charge in [-0.05, 0) is 50.6 Å². The van der Waals surface area contributed by atoms with Crippen LogP contribution in [-0.4, -0.2) is 35.0 Å². The summed E-state index contributed by atoms with van der Waals surface area (Å²) in [7, 11) is 1.82. The highest BCUT2D eigenvalue weighted by Gasteiger charge is 2.41. The van der Waals surface area contributed by atoms with Crippen LogP contribution in [0.4, 0.5) is 10.6 Å². The van der Waals surface area contributed by atoms with E-state index in [-0.39, 0.29) is 11.6 Å². The van der Waals surface area contributed by atoms with Gasteiger partial charge in [-0.1, -0.05) is 24.0 Å². The van der Waals surface area contributed by atoms with Crippen LogP contribution in [0.2, 0.25) is 0 Å². The molecule has 2 aromatic rings. The molecule has 1 fully saturated rings. The van der Waals surface area contributed by atoms with Crippen molar-refractivity contribution in [1.29, 1.82) is 0 Å². The third kappa shape index (κ3) is 3.11. The van der Waals surface area contributed by atoms with Crippen molar-refractivity contribution in [1.82, 2.24) is 9.88 Å². The Hall–Kier alpha value is -2.80. The summed E-state index contributed by atoms with van der Waals surface area (Å²) in [4.78, 5) is 20.2. The zero-order valence-electron chi connectivity index (χ0n) is 14.5. The van der Waals surface area contributed by atoms with E-state index in [1.165, 1.54) is 5.56 Å². The molecule has 1 aromatic carbocycles. The minimum atomic E-state index is -0.192. The van der Waals surface area contributed by atoms with E-state index in [4.69, 9.17) is 0 Å². The summed E-state index contributed by atoms with van der Waals surface area (Å²) in [6.07, 6.45) is 1.72. The zero-order chi connectivity index (χ0) is 17.3. The monoisotopic (exact) mass is 319 g/mol. The summed E-state index contributed by atoms with van der Waals surface area (Å²) in [5.74, 6) is 6.92. The van der Waals surface area contributed by atoms with Crippen molar-refractivity contribution in [3.63, 3.8) is 0 Å². The molecule has 24 heavy (non-hydrogen) atoms. The Balaban J connectivity index is 1.79. The Morgan fingerprint density at radius 3 is 2.46 bits per heavy atom. The van der Waals surface area contributed by atoms with Crippen molar-refractivity contribution < 1.29 is 4.79 Å². The van der Waals surface area contributed by atoms with Crippen LogP contribution in [0, 0.1) is 18.8 Å². The molecule has 0 saturated carbocycles. The molecule has 3 rings (SSSR count). The Kier molecular flexibility index (Phi) is 4.02. The molecule has 1 saturated heterocycles. The normalized spacial score (nSPS) is 16.1. The van der Waals surface area contributed by atoms with Gasteiger partial charge in [0.1, 0.15) is 5.82 Å². The highest BCUT2D eigenvalue weighted by molar-refractivity contribution is 5.94. The second-order valence-electron chi connectivity index (χ2n) is 6.76. The van der Waals surface area contributed by atoms with Gasteiger partial charge >= 0.3 is 6.03 Å². The number of aromatic nitrogens is 1. The van der Waals surface area contributed by atoms with E-state index in [1.54, 1.807) is 16.0 Å². The van der Waals surface area contributed by atoms with E-state index in [0.717, 1.165) is 11.1 Å². The van der Waals surface area contributed by atoms with Gasteiger partial charge in [0.15, 0.2) is 0 Å². The number of anilines is 1. The van der Waals surface area contributed by atoms with Crippen LogP contribution in [0.25, 0.3) is 0 Å². The van der Waals surface area contributed by atoms with Crippen molar-refractivity contribution >= 4 is 11.8 Å². The number of aryl methyl sites for hydroxylation is 1. The number of urea groups is 1. The molecule has 2 heterocycles. The zero-order valence-corrected chi connectivity index (χ0v) is 14.5. The molecular formula is C20H21N3O. The number of pyridine rings is 1. The van der Waals surface area contributed by atoms with E-state index < -0.39 is 0 Å². The van der Waals surface area contributed by atoms with Gasteiger partial charge in [-0.15, -0.1) is 0 Å². The Bertz CT molecular complexity index is 828. The van der Waals surface area contributed by atoms with Crippen molar-refractivity contribution in [3.05, 3.63) is 59.3 Å². The molecule has 0 spiro atoms. The fraction of sp³-hybridized carbons (Fsp3) is 0.300. The lowest BCUT2D eigenvalue weighted by Crippen LogP contribution is -2.38. The number of rotatable bonds is 1. The molecule has 2 amide bonds. The number of benzene rings is 1. The van der Waals surface area contributed by atoms with Crippen LogP contribution < -0.4 is 4.90 Å². The van der Waals surface area contributed by atoms with Crippen LogP contribution in [0.15, 0.2) is 42.6 Å². The molecule has 4 heteroatoms. The number of carbonyl (C=O) groups is 1. The highest BCUT2D eigenvalue weighted by atomic mass is 16.2. The topological polar surface area (TPSA) is 36.4 Å². The summed E-state index contributed by atoms with van der Waals surface area (Å²) in [6.45, 7) is 6.77. The lowest BCUT2D eigenvalue weighted by Gasteiger charge is -2.24. The molecule has 0 N–H and O–H groups in total. The number of hydrogen-bond acceptors (Lipinski definition) is 2. The van der Waals surface area contributed by atoms with Gasteiger partial charge < -0.3 is 4.90 Å². The van der Waals surface area contributed by atoms with Crippen molar-refractivity contribution in [2.45, 2.75) is 26.3 Å². The SMILES string of the molecule is Cc1cccc(C#Cc2ccc(N3CC(C)(C)N(C)C3=O)nc2)c1. The fourth-order valence-corrected chi connectivity index (χ4v) is 2.67. The summed E-state index contributed by atoms with van der Waals surface area (Å²) < 4.78 is 0. The van der Waals surface area contributed by atoms with Crippen LogP contribution in [0.3, 0.4) is 0 Å². The van der Waals surface area contributed by atoms with Gasteiger partial charge in [-0.2, -0.15) is 0 Å². The number of amides is 2. The first-order valence-electron chi connectivity index (χ1n) is 7.97. The molecule has 1 aliphatic heterocycles. The van der Waals surface area contributed by atoms with Crippen molar-refractivity contribution in [3.8, 4) is 11.8 Å². The largest absolute Gasteiger partial charge is 0.325 e.